The first-order chi connectivity index (χ1) is 4.59. The molecule has 10 heavy (non-hydrogen) atoms. The lowest BCUT2D eigenvalue weighted by atomic mass is 10.00. The van der Waals surface area contributed by atoms with Crippen LogP contribution in [-0.4, -0.2) is 10.8 Å². The molecule has 0 aliphatic heterocycles. The molecule has 0 aromatic rings. The second-order valence-electron chi connectivity index (χ2n) is 2.83. The molecular weight excluding hydrogens is 142 g/mol. The lowest BCUT2D eigenvalue weighted by molar-refractivity contribution is 0.536. The van der Waals surface area contributed by atoms with E-state index in [2.05, 4.69) is 27.7 Å². The van der Waals surface area contributed by atoms with Crippen molar-refractivity contribution in [1.82, 2.24) is 0 Å². The Morgan fingerprint density at radius 2 is 1.90 bits per heavy atom. The van der Waals surface area contributed by atoms with Crippen molar-refractivity contribution in [2.75, 3.05) is 5.75 Å². The van der Waals surface area contributed by atoms with Gasteiger partial charge in [0, 0.05) is 5.92 Å². The first kappa shape index (κ1) is 10.0. The summed E-state index contributed by atoms with van der Waals surface area (Å²) in [5.41, 5.74) is 0. The zero-order valence-electron chi connectivity index (χ0n) is 7.27. The predicted molar refractivity (Wildman–Crippen MR) is 49.9 cm³/mol. The highest BCUT2D eigenvalue weighted by molar-refractivity contribution is 8.13. The molecule has 0 heterocycles. The average Bonchev–Trinajstić information content (AvgIpc) is 1.87. The molecule has 0 amide bonds. The van der Waals surface area contributed by atoms with Gasteiger partial charge < -0.3 is 0 Å². The first-order valence-corrected chi connectivity index (χ1v) is 4.79. The van der Waals surface area contributed by atoms with Crippen LogP contribution < -0.4 is 0 Å². The Balaban J connectivity index is 3.71. The van der Waals surface area contributed by atoms with Gasteiger partial charge in [-0.2, -0.15) is 0 Å². The van der Waals surface area contributed by atoms with Crippen molar-refractivity contribution in [1.29, 1.82) is 5.41 Å². The Hall–Kier alpha value is 0.0200. The predicted octanol–water partition coefficient (Wildman–Crippen LogP) is 3.01. The number of thioether (sulfide) groups is 1. The van der Waals surface area contributed by atoms with Crippen LogP contribution in [0.15, 0.2) is 0 Å². The highest BCUT2D eigenvalue weighted by Gasteiger charge is 2.11. The summed E-state index contributed by atoms with van der Waals surface area (Å²) in [5, 5.41) is 8.42. The molecule has 0 aliphatic carbocycles. The zero-order chi connectivity index (χ0) is 8.15. The molecule has 0 aliphatic rings. The van der Waals surface area contributed by atoms with Crippen LogP contribution in [0.2, 0.25) is 0 Å². The summed E-state index contributed by atoms with van der Waals surface area (Å²) >= 11 is 1.65. The van der Waals surface area contributed by atoms with E-state index in [1.165, 1.54) is 0 Å². The molecule has 2 heteroatoms. The molecule has 0 rings (SSSR count). The van der Waals surface area contributed by atoms with E-state index >= 15 is 0 Å². The van der Waals surface area contributed by atoms with Crippen molar-refractivity contribution < 1.29 is 0 Å². The van der Waals surface area contributed by atoms with E-state index in [1.807, 2.05) is 0 Å². The molecule has 0 aromatic heterocycles. The van der Waals surface area contributed by atoms with Crippen molar-refractivity contribution >= 4 is 16.8 Å². The molecule has 0 fully saturated rings. The van der Waals surface area contributed by atoms with Gasteiger partial charge >= 0.3 is 0 Å². The van der Waals surface area contributed by atoms with Gasteiger partial charge in [0.15, 0.2) is 0 Å². The number of hydrogen-bond donors (Lipinski definition) is 1. The van der Waals surface area contributed by atoms with Gasteiger partial charge in [-0.3, -0.25) is 5.41 Å². The SMILES string of the molecule is CCSC(=N)C(C)C(C)C. The Morgan fingerprint density at radius 1 is 1.40 bits per heavy atom. The number of nitrogens with one attached hydrogen (secondary N) is 1. The Bertz CT molecular complexity index is 110. The molecule has 1 atom stereocenters. The van der Waals surface area contributed by atoms with E-state index in [-0.39, 0.29) is 0 Å². The third-order valence-electron chi connectivity index (χ3n) is 1.71. The first-order valence-electron chi connectivity index (χ1n) is 3.80. The van der Waals surface area contributed by atoms with Crippen LogP contribution in [0.4, 0.5) is 0 Å². The molecule has 0 saturated carbocycles. The molecule has 60 valence electrons. The van der Waals surface area contributed by atoms with Gasteiger partial charge in [0.1, 0.15) is 0 Å². The summed E-state index contributed by atoms with van der Waals surface area (Å²) in [6.07, 6.45) is 0. The lowest BCUT2D eigenvalue weighted by Gasteiger charge is -2.15. The minimum absolute atomic E-state index is 0.435. The summed E-state index contributed by atoms with van der Waals surface area (Å²) in [6.45, 7) is 8.53. The molecule has 1 nitrogen and oxygen atoms in total. The van der Waals surface area contributed by atoms with E-state index in [0.717, 1.165) is 10.8 Å². The molecule has 1 unspecified atom stereocenters. The van der Waals surface area contributed by atoms with E-state index < -0.39 is 0 Å². The summed E-state index contributed by atoms with van der Waals surface area (Å²) in [5.74, 6) is 2.06. The van der Waals surface area contributed by atoms with E-state index in [0.29, 0.717) is 11.8 Å². The summed E-state index contributed by atoms with van der Waals surface area (Å²) in [4.78, 5) is 0. The summed E-state index contributed by atoms with van der Waals surface area (Å²) < 4.78 is 0. The van der Waals surface area contributed by atoms with Gasteiger partial charge in [0.25, 0.3) is 0 Å². The van der Waals surface area contributed by atoms with Crippen molar-refractivity contribution in [3.05, 3.63) is 0 Å². The Labute approximate surface area is 68.1 Å². The van der Waals surface area contributed by atoms with Crippen LogP contribution in [0.5, 0.6) is 0 Å². The van der Waals surface area contributed by atoms with Crippen LogP contribution in [-0.2, 0) is 0 Å². The van der Waals surface area contributed by atoms with Gasteiger partial charge in [-0.05, 0) is 11.7 Å². The van der Waals surface area contributed by atoms with Crippen LogP contribution in [0.25, 0.3) is 0 Å². The maximum atomic E-state index is 7.59. The van der Waals surface area contributed by atoms with Gasteiger partial charge in [0.2, 0.25) is 0 Å². The monoisotopic (exact) mass is 159 g/mol. The lowest BCUT2D eigenvalue weighted by Crippen LogP contribution is -2.12. The van der Waals surface area contributed by atoms with Gasteiger partial charge in [0.05, 0.1) is 5.04 Å². The van der Waals surface area contributed by atoms with Crippen LogP contribution >= 0.6 is 11.8 Å². The standard InChI is InChI=1S/C8H17NS/c1-5-10-8(9)7(4)6(2)3/h6-7,9H,5H2,1-4H3. The van der Waals surface area contributed by atoms with Crippen LogP contribution in [0.1, 0.15) is 27.7 Å². The second kappa shape index (κ2) is 4.78. The fourth-order valence-corrected chi connectivity index (χ4v) is 1.44. The smallest absolute Gasteiger partial charge is 0.0672 e. The fraction of sp³-hybridized carbons (Fsp3) is 0.875. The minimum Gasteiger partial charge on any atom is -0.298 e. The minimum atomic E-state index is 0.435. The molecule has 1 N–H and O–H groups in total. The number of hydrogen-bond acceptors (Lipinski definition) is 2. The maximum Gasteiger partial charge on any atom is 0.0672 e. The molecule has 0 spiro atoms. The molecular formula is C8H17NS. The highest BCUT2D eigenvalue weighted by Crippen LogP contribution is 2.18. The quantitative estimate of drug-likeness (QED) is 0.496. The fourth-order valence-electron chi connectivity index (χ4n) is 0.590. The van der Waals surface area contributed by atoms with Crippen LogP contribution in [0.3, 0.4) is 0 Å². The molecule has 0 saturated heterocycles. The average molecular weight is 159 g/mol. The second-order valence-corrected chi connectivity index (χ2v) is 4.14. The molecule has 0 radical (unpaired) electrons. The van der Waals surface area contributed by atoms with Crippen molar-refractivity contribution in [2.45, 2.75) is 27.7 Å². The van der Waals surface area contributed by atoms with Crippen molar-refractivity contribution in [3.8, 4) is 0 Å². The Morgan fingerprint density at radius 3 is 2.20 bits per heavy atom. The topological polar surface area (TPSA) is 23.9 Å². The maximum absolute atomic E-state index is 7.59. The molecule has 0 bridgehead atoms. The summed E-state index contributed by atoms with van der Waals surface area (Å²) in [6, 6.07) is 0. The van der Waals surface area contributed by atoms with E-state index in [1.54, 1.807) is 11.8 Å². The number of rotatable bonds is 3. The third kappa shape index (κ3) is 3.25. The van der Waals surface area contributed by atoms with Crippen LogP contribution in [0, 0.1) is 17.2 Å². The van der Waals surface area contributed by atoms with Gasteiger partial charge in [-0.1, -0.05) is 27.7 Å². The van der Waals surface area contributed by atoms with Gasteiger partial charge in [-0.15, -0.1) is 11.8 Å². The normalized spacial score (nSPS) is 13.7. The summed E-state index contributed by atoms with van der Waals surface area (Å²) in [7, 11) is 0. The Kier molecular flexibility index (Phi) is 4.79. The largest absolute Gasteiger partial charge is 0.298 e. The molecule has 0 aromatic carbocycles. The van der Waals surface area contributed by atoms with Crippen molar-refractivity contribution in [3.63, 3.8) is 0 Å². The van der Waals surface area contributed by atoms with Gasteiger partial charge in [-0.25, -0.2) is 0 Å². The third-order valence-corrected chi connectivity index (χ3v) is 2.68. The highest BCUT2D eigenvalue weighted by atomic mass is 32.2. The zero-order valence-corrected chi connectivity index (χ0v) is 8.09. The van der Waals surface area contributed by atoms with E-state index in [4.69, 9.17) is 5.41 Å². The van der Waals surface area contributed by atoms with Crippen molar-refractivity contribution in [2.24, 2.45) is 11.8 Å². The van der Waals surface area contributed by atoms with E-state index in [9.17, 15) is 0 Å².